The summed E-state index contributed by atoms with van der Waals surface area (Å²) >= 11 is 3.12. The Morgan fingerprint density at radius 1 is 1.12 bits per heavy atom. The Kier molecular flexibility index (Phi) is 7.36. The standard InChI is InChI=1S/C23H35F2NO3S2Si/c1-21(2,3)29-20(27)26-12-10-22(28,11-13-26)23(30-14-7-15-31-23)16-8-9-17(24)19(18(16)25)32(4,5)6/h8-9,28H,7,10-15H2,1-6H3. The van der Waals surface area contributed by atoms with Crippen LogP contribution in [0.15, 0.2) is 12.1 Å². The first kappa shape index (κ1) is 25.8. The maximum atomic E-state index is 15.9. The Morgan fingerprint density at radius 2 is 1.69 bits per heavy atom. The number of piperidine rings is 1. The summed E-state index contributed by atoms with van der Waals surface area (Å²) in [7, 11) is -2.29. The fraction of sp³-hybridized carbons (Fsp3) is 0.696. The molecule has 1 aromatic carbocycles. The minimum atomic E-state index is -2.29. The Morgan fingerprint density at radius 3 is 2.19 bits per heavy atom. The molecule has 0 saturated carbocycles. The fourth-order valence-corrected chi connectivity index (χ4v) is 9.75. The molecular formula is C23H35F2NO3S2Si. The number of benzene rings is 1. The minimum Gasteiger partial charge on any atom is -0.444 e. The monoisotopic (exact) mass is 503 g/mol. The minimum absolute atomic E-state index is 0.191. The van der Waals surface area contributed by atoms with E-state index < -0.39 is 41.1 Å². The van der Waals surface area contributed by atoms with Gasteiger partial charge in [0.15, 0.2) is 0 Å². The highest BCUT2D eigenvalue weighted by atomic mass is 32.2. The second-order valence-electron chi connectivity index (χ2n) is 10.7. The zero-order valence-corrected chi connectivity index (χ0v) is 22.5. The van der Waals surface area contributed by atoms with E-state index in [9.17, 15) is 14.3 Å². The lowest BCUT2D eigenvalue weighted by atomic mass is 9.84. The number of rotatable bonds is 3. The van der Waals surface area contributed by atoms with Gasteiger partial charge in [0.25, 0.3) is 0 Å². The van der Waals surface area contributed by atoms with Crippen molar-refractivity contribution in [3.8, 4) is 0 Å². The Balaban J connectivity index is 1.97. The second-order valence-corrected chi connectivity index (χ2v) is 18.6. The van der Waals surface area contributed by atoms with Crippen LogP contribution in [0.1, 0.15) is 45.6 Å². The van der Waals surface area contributed by atoms with Crippen LogP contribution < -0.4 is 5.19 Å². The molecule has 1 aromatic rings. The van der Waals surface area contributed by atoms with Gasteiger partial charge in [-0.05, 0) is 57.6 Å². The summed E-state index contributed by atoms with van der Waals surface area (Å²) in [6.07, 6.45) is 1.20. The lowest BCUT2D eigenvalue weighted by Gasteiger charge is -2.52. The number of hydrogen-bond acceptors (Lipinski definition) is 5. The number of carbonyl (C=O) groups is 1. The predicted octanol–water partition coefficient (Wildman–Crippen LogP) is 5.29. The predicted molar refractivity (Wildman–Crippen MR) is 133 cm³/mol. The van der Waals surface area contributed by atoms with Gasteiger partial charge in [0.2, 0.25) is 0 Å². The molecule has 0 aromatic heterocycles. The molecule has 2 heterocycles. The SMILES string of the molecule is CC(C)(C)OC(=O)N1CCC(O)(C2(c3ccc(F)c([Si](C)(C)C)c3F)SCCCS2)CC1. The van der Waals surface area contributed by atoms with Gasteiger partial charge in [0.05, 0.1) is 13.7 Å². The van der Waals surface area contributed by atoms with Crippen LogP contribution in [0.2, 0.25) is 19.6 Å². The number of aliphatic hydroxyl groups is 1. The van der Waals surface area contributed by atoms with Gasteiger partial charge in [-0.15, -0.1) is 23.5 Å². The molecule has 0 unspecified atom stereocenters. The van der Waals surface area contributed by atoms with Crippen molar-refractivity contribution in [3.63, 3.8) is 0 Å². The number of hydrogen-bond donors (Lipinski definition) is 1. The number of nitrogens with zero attached hydrogens (tertiary/aromatic N) is 1. The van der Waals surface area contributed by atoms with Crippen molar-refractivity contribution >= 4 is 42.9 Å². The zero-order valence-electron chi connectivity index (χ0n) is 19.9. The normalized spacial score (nSPS) is 21.3. The molecule has 1 N–H and O–H groups in total. The highest BCUT2D eigenvalue weighted by Crippen LogP contribution is 2.60. The summed E-state index contributed by atoms with van der Waals surface area (Å²) in [5.74, 6) is 0.584. The van der Waals surface area contributed by atoms with Crippen LogP contribution in [0.3, 0.4) is 0 Å². The third kappa shape index (κ3) is 5.00. The molecule has 2 aliphatic heterocycles. The van der Waals surface area contributed by atoms with Gasteiger partial charge in [-0.25, -0.2) is 13.6 Å². The van der Waals surface area contributed by atoms with Gasteiger partial charge in [-0.1, -0.05) is 25.7 Å². The molecule has 2 fully saturated rings. The molecule has 0 aliphatic carbocycles. The van der Waals surface area contributed by atoms with Crippen molar-refractivity contribution < 1.29 is 23.4 Å². The third-order valence-corrected chi connectivity index (χ3v) is 11.6. The summed E-state index contributed by atoms with van der Waals surface area (Å²) in [5, 5.41) is 12.1. The molecule has 3 rings (SSSR count). The van der Waals surface area contributed by atoms with E-state index in [2.05, 4.69) is 0 Å². The van der Waals surface area contributed by atoms with E-state index in [0.717, 1.165) is 17.9 Å². The van der Waals surface area contributed by atoms with Crippen LogP contribution in [-0.4, -0.2) is 60.0 Å². The van der Waals surface area contributed by atoms with Crippen LogP contribution in [-0.2, 0) is 8.82 Å². The first-order valence-electron chi connectivity index (χ1n) is 11.2. The molecular weight excluding hydrogens is 468 g/mol. The van der Waals surface area contributed by atoms with Crippen LogP contribution in [0.25, 0.3) is 0 Å². The van der Waals surface area contributed by atoms with Crippen molar-refractivity contribution in [1.82, 2.24) is 4.90 Å². The van der Waals surface area contributed by atoms with Gasteiger partial charge < -0.3 is 14.7 Å². The number of likely N-dealkylation sites (tertiary alicyclic amines) is 1. The fourth-order valence-electron chi connectivity index (χ4n) is 4.42. The van der Waals surface area contributed by atoms with Gasteiger partial charge in [-0.2, -0.15) is 0 Å². The Hall–Kier alpha value is -0.773. The molecule has 32 heavy (non-hydrogen) atoms. The van der Waals surface area contributed by atoms with E-state index in [4.69, 9.17) is 4.74 Å². The molecule has 0 radical (unpaired) electrons. The van der Waals surface area contributed by atoms with E-state index in [1.807, 2.05) is 40.4 Å². The molecule has 4 nitrogen and oxygen atoms in total. The number of ether oxygens (including phenoxy) is 1. The van der Waals surface area contributed by atoms with Crippen LogP contribution in [0.4, 0.5) is 13.6 Å². The van der Waals surface area contributed by atoms with Gasteiger partial charge in [-0.3, -0.25) is 0 Å². The molecule has 0 atom stereocenters. The third-order valence-electron chi connectivity index (χ3n) is 5.95. The Bertz CT molecular complexity index is 856. The lowest BCUT2D eigenvalue weighted by Crippen LogP contribution is -2.57. The van der Waals surface area contributed by atoms with E-state index in [1.165, 1.54) is 12.1 Å². The molecule has 180 valence electrons. The van der Waals surface area contributed by atoms with Crippen LogP contribution >= 0.6 is 23.5 Å². The smallest absolute Gasteiger partial charge is 0.410 e. The van der Waals surface area contributed by atoms with Gasteiger partial charge in [0.1, 0.15) is 21.3 Å². The Labute approximate surface area is 199 Å². The first-order chi connectivity index (χ1) is 14.7. The zero-order chi connectivity index (χ0) is 23.9. The molecule has 0 spiro atoms. The maximum absolute atomic E-state index is 15.9. The lowest BCUT2D eigenvalue weighted by molar-refractivity contribution is -0.0401. The topological polar surface area (TPSA) is 49.8 Å². The average molecular weight is 504 g/mol. The average Bonchev–Trinajstić information content (AvgIpc) is 2.66. The summed E-state index contributed by atoms with van der Waals surface area (Å²) in [4.78, 5) is 14.1. The number of amides is 1. The maximum Gasteiger partial charge on any atom is 0.410 e. The molecule has 9 heteroatoms. The van der Waals surface area contributed by atoms with Crippen LogP contribution in [0, 0.1) is 11.6 Å². The first-order valence-corrected chi connectivity index (χ1v) is 16.6. The molecule has 1 amide bonds. The summed E-state index contributed by atoms with van der Waals surface area (Å²) < 4.78 is 35.2. The summed E-state index contributed by atoms with van der Waals surface area (Å²) in [5.41, 5.74) is -1.43. The van der Waals surface area contributed by atoms with Gasteiger partial charge >= 0.3 is 6.09 Å². The van der Waals surface area contributed by atoms with Crippen molar-refractivity contribution in [2.75, 3.05) is 24.6 Å². The molecule has 2 saturated heterocycles. The van der Waals surface area contributed by atoms with E-state index >= 15 is 4.39 Å². The van der Waals surface area contributed by atoms with Crippen molar-refractivity contribution in [2.45, 2.75) is 75.0 Å². The highest BCUT2D eigenvalue weighted by molar-refractivity contribution is 8.18. The van der Waals surface area contributed by atoms with Crippen molar-refractivity contribution in [3.05, 3.63) is 29.3 Å². The largest absolute Gasteiger partial charge is 0.444 e. The highest BCUT2D eigenvalue weighted by Gasteiger charge is 2.56. The quantitative estimate of drug-likeness (QED) is 0.568. The molecule has 2 aliphatic rings. The van der Waals surface area contributed by atoms with E-state index in [0.29, 0.717) is 31.5 Å². The number of carbonyl (C=O) groups excluding carboxylic acids is 1. The van der Waals surface area contributed by atoms with Gasteiger partial charge in [0, 0.05) is 23.8 Å². The van der Waals surface area contributed by atoms with Crippen molar-refractivity contribution in [1.29, 1.82) is 0 Å². The van der Waals surface area contributed by atoms with E-state index in [1.54, 1.807) is 28.4 Å². The number of halogens is 2. The van der Waals surface area contributed by atoms with E-state index in [-0.39, 0.29) is 5.19 Å². The molecule has 0 bridgehead atoms. The van der Waals surface area contributed by atoms with Crippen LogP contribution in [0.5, 0.6) is 0 Å². The summed E-state index contributed by atoms with van der Waals surface area (Å²) in [6.45, 7) is 11.9. The summed E-state index contributed by atoms with van der Waals surface area (Å²) in [6, 6.07) is 2.89. The number of thioether (sulfide) groups is 2. The second kappa shape index (κ2) is 9.11. The van der Waals surface area contributed by atoms with Crippen molar-refractivity contribution in [2.24, 2.45) is 0 Å².